The number of rotatable bonds is 7. The molecule has 0 atom stereocenters. The van der Waals surface area contributed by atoms with Crippen LogP contribution in [-0.2, 0) is 6.54 Å². The molecule has 0 spiro atoms. The molecule has 0 aliphatic rings. The van der Waals surface area contributed by atoms with Crippen LogP contribution in [0.2, 0.25) is 0 Å². The lowest BCUT2D eigenvalue weighted by Gasteiger charge is -2.13. The highest BCUT2D eigenvalue weighted by Crippen LogP contribution is 2.11. The molecule has 1 rings (SSSR count). The Morgan fingerprint density at radius 2 is 2.10 bits per heavy atom. The monoisotopic (exact) mass is 415 g/mol. The van der Waals surface area contributed by atoms with Crippen LogP contribution in [0.15, 0.2) is 17.4 Å². The molecule has 2 N–H and O–H groups in total. The van der Waals surface area contributed by atoms with Gasteiger partial charge in [0, 0.05) is 26.0 Å². The standard InChI is InChI=1S/C13H23F2N5.HI/c1-10(2)5-4-6-18-13(16-3)19-9-11-17-7-8-20(11)12(14)15;/h7-8,10,12H,4-6,9H2,1-3H3,(H2,16,18,19);1H. The number of aliphatic imine (C=N–C) groups is 1. The number of aromatic nitrogens is 2. The second kappa shape index (κ2) is 10.7. The van der Waals surface area contributed by atoms with Crippen molar-refractivity contribution in [3.8, 4) is 0 Å². The zero-order chi connectivity index (χ0) is 15.0. The molecule has 0 saturated carbocycles. The molecular weight excluding hydrogens is 391 g/mol. The molecule has 0 radical (unpaired) electrons. The van der Waals surface area contributed by atoms with Gasteiger partial charge in [-0.25, -0.2) is 4.98 Å². The number of imidazole rings is 1. The van der Waals surface area contributed by atoms with Gasteiger partial charge in [0.2, 0.25) is 0 Å². The summed E-state index contributed by atoms with van der Waals surface area (Å²) in [5.74, 6) is 1.55. The Morgan fingerprint density at radius 1 is 1.38 bits per heavy atom. The molecule has 8 heteroatoms. The number of hydrogen-bond acceptors (Lipinski definition) is 2. The largest absolute Gasteiger partial charge is 0.356 e. The second-order valence-electron chi connectivity index (χ2n) is 4.92. The van der Waals surface area contributed by atoms with Crippen LogP contribution in [0.4, 0.5) is 8.78 Å². The Kier molecular flexibility index (Phi) is 10.3. The maximum atomic E-state index is 12.6. The highest BCUT2D eigenvalue weighted by atomic mass is 127. The molecule has 0 aliphatic carbocycles. The molecule has 0 unspecified atom stereocenters. The maximum absolute atomic E-state index is 12.6. The van der Waals surface area contributed by atoms with Crippen molar-refractivity contribution in [3.63, 3.8) is 0 Å². The van der Waals surface area contributed by atoms with Crippen LogP contribution in [0.3, 0.4) is 0 Å². The quantitative estimate of drug-likeness (QED) is 0.312. The minimum absolute atomic E-state index is 0. The smallest absolute Gasteiger partial charge is 0.319 e. The van der Waals surface area contributed by atoms with E-state index in [1.165, 1.54) is 12.4 Å². The van der Waals surface area contributed by atoms with Gasteiger partial charge in [-0.2, -0.15) is 8.78 Å². The van der Waals surface area contributed by atoms with Gasteiger partial charge in [0.05, 0.1) is 6.54 Å². The third kappa shape index (κ3) is 7.58. The zero-order valence-corrected chi connectivity index (χ0v) is 15.0. The first kappa shape index (κ1) is 20.1. The first-order valence-electron chi connectivity index (χ1n) is 6.79. The van der Waals surface area contributed by atoms with Crippen molar-refractivity contribution in [1.82, 2.24) is 20.2 Å². The number of guanidine groups is 1. The van der Waals surface area contributed by atoms with Gasteiger partial charge in [-0.3, -0.25) is 9.56 Å². The highest BCUT2D eigenvalue weighted by molar-refractivity contribution is 14.0. The second-order valence-corrected chi connectivity index (χ2v) is 4.92. The van der Waals surface area contributed by atoms with Crippen molar-refractivity contribution in [1.29, 1.82) is 0 Å². The number of hydrogen-bond donors (Lipinski definition) is 2. The van der Waals surface area contributed by atoms with Gasteiger partial charge in [-0.15, -0.1) is 24.0 Å². The molecule has 0 aromatic carbocycles. The molecule has 0 amide bonds. The molecule has 1 aromatic heterocycles. The molecule has 0 saturated heterocycles. The zero-order valence-electron chi connectivity index (χ0n) is 12.6. The Balaban J connectivity index is 0.00000400. The van der Waals surface area contributed by atoms with Gasteiger partial charge < -0.3 is 10.6 Å². The lowest BCUT2D eigenvalue weighted by atomic mass is 10.1. The first-order chi connectivity index (χ1) is 9.54. The lowest BCUT2D eigenvalue weighted by Crippen LogP contribution is -2.38. The number of halogens is 3. The topological polar surface area (TPSA) is 54.2 Å². The fourth-order valence-corrected chi connectivity index (χ4v) is 1.76. The van der Waals surface area contributed by atoms with Gasteiger partial charge in [-0.1, -0.05) is 13.8 Å². The SMILES string of the molecule is CN=C(NCCCC(C)C)NCc1nccn1C(F)F.I. The molecule has 122 valence electrons. The van der Waals surface area contributed by atoms with Gasteiger partial charge >= 0.3 is 6.55 Å². The Labute approximate surface area is 141 Å². The van der Waals surface area contributed by atoms with Crippen molar-refractivity contribution >= 4 is 29.9 Å². The van der Waals surface area contributed by atoms with Crippen molar-refractivity contribution in [3.05, 3.63) is 18.2 Å². The van der Waals surface area contributed by atoms with E-state index in [1.54, 1.807) is 7.05 Å². The summed E-state index contributed by atoms with van der Waals surface area (Å²) < 4.78 is 26.1. The summed E-state index contributed by atoms with van der Waals surface area (Å²) in [6.45, 7) is 2.80. The van der Waals surface area contributed by atoms with Crippen LogP contribution in [-0.4, -0.2) is 29.1 Å². The normalized spacial score (nSPS) is 11.7. The Bertz CT molecular complexity index is 420. The maximum Gasteiger partial charge on any atom is 0.319 e. The van der Waals surface area contributed by atoms with E-state index in [4.69, 9.17) is 0 Å². The molecule has 1 heterocycles. The fourth-order valence-electron chi connectivity index (χ4n) is 1.76. The van der Waals surface area contributed by atoms with Gasteiger partial charge in [0.1, 0.15) is 5.82 Å². The summed E-state index contributed by atoms with van der Waals surface area (Å²) in [7, 11) is 1.65. The molecule has 5 nitrogen and oxygen atoms in total. The predicted molar refractivity (Wildman–Crippen MR) is 91.2 cm³/mol. The van der Waals surface area contributed by atoms with Gasteiger partial charge in [0.15, 0.2) is 5.96 Å². The minimum Gasteiger partial charge on any atom is -0.356 e. The molecule has 21 heavy (non-hydrogen) atoms. The molecule has 1 aromatic rings. The van der Waals surface area contributed by atoms with E-state index in [2.05, 4.69) is 34.5 Å². The van der Waals surface area contributed by atoms with Crippen LogP contribution in [0.25, 0.3) is 0 Å². The summed E-state index contributed by atoms with van der Waals surface area (Å²) in [5, 5.41) is 6.13. The molecule has 0 bridgehead atoms. The van der Waals surface area contributed by atoms with Crippen molar-refractivity contribution < 1.29 is 8.78 Å². The van der Waals surface area contributed by atoms with Crippen LogP contribution >= 0.6 is 24.0 Å². The van der Waals surface area contributed by atoms with E-state index < -0.39 is 6.55 Å². The van der Waals surface area contributed by atoms with Gasteiger partial charge in [-0.05, 0) is 18.8 Å². The summed E-state index contributed by atoms with van der Waals surface area (Å²) in [6, 6.07) is 0. The molecule has 0 fully saturated rings. The first-order valence-corrected chi connectivity index (χ1v) is 6.79. The van der Waals surface area contributed by atoms with E-state index in [-0.39, 0.29) is 36.3 Å². The van der Waals surface area contributed by atoms with E-state index in [9.17, 15) is 8.78 Å². The Hall–Kier alpha value is -0.930. The van der Waals surface area contributed by atoms with E-state index in [1.807, 2.05) is 0 Å². The average Bonchev–Trinajstić information content (AvgIpc) is 2.86. The van der Waals surface area contributed by atoms with Crippen molar-refractivity contribution in [2.45, 2.75) is 39.8 Å². The van der Waals surface area contributed by atoms with Crippen LogP contribution in [0.1, 0.15) is 39.1 Å². The predicted octanol–water partition coefficient (Wildman–Crippen LogP) is 3.00. The number of nitrogens with zero attached hydrogens (tertiary/aromatic N) is 3. The summed E-state index contributed by atoms with van der Waals surface area (Å²) in [6.07, 6.45) is 4.81. The summed E-state index contributed by atoms with van der Waals surface area (Å²) >= 11 is 0. The average molecular weight is 415 g/mol. The van der Waals surface area contributed by atoms with E-state index in [0.29, 0.717) is 11.9 Å². The number of nitrogens with one attached hydrogen (secondary N) is 2. The Morgan fingerprint density at radius 3 is 2.67 bits per heavy atom. The van der Waals surface area contributed by atoms with Crippen LogP contribution < -0.4 is 10.6 Å². The van der Waals surface area contributed by atoms with Crippen LogP contribution in [0, 0.1) is 5.92 Å². The lowest BCUT2D eigenvalue weighted by molar-refractivity contribution is 0.0668. The third-order valence-corrected chi connectivity index (χ3v) is 2.85. The van der Waals surface area contributed by atoms with E-state index in [0.717, 1.165) is 24.0 Å². The van der Waals surface area contributed by atoms with Gasteiger partial charge in [0.25, 0.3) is 0 Å². The van der Waals surface area contributed by atoms with Crippen molar-refractivity contribution in [2.75, 3.05) is 13.6 Å². The highest BCUT2D eigenvalue weighted by Gasteiger charge is 2.11. The third-order valence-electron chi connectivity index (χ3n) is 2.85. The summed E-state index contributed by atoms with van der Waals surface area (Å²) in [5.41, 5.74) is 0. The fraction of sp³-hybridized carbons (Fsp3) is 0.692. The van der Waals surface area contributed by atoms with E-state index >= 15 is 0 Å². The molecular formula is C13H24F2IN5. The molecule has 0 aliphatic heterocycles. The number of alkyl halides is 2. The summed E-state index contributed by atoms with van der Waals surface area (Å²) in [4.78, 5) is 7.95. The minimum atomic E-state index is -2.57. The van der Waals surface area contributed by atoms with Crippen LogP contribution in [0.5, 0.6) is 0 Å². The van der Waals surface area contributed by atoms with Crippen molar-refractivity contribution in [2.24, 2.45) is 10.9 Å².